The minimum absolute atomic E-state index is 0.178. The summed E-state index contributed by atoms with van der Waals surface area (Å²) in [6.45, 7) is 2.03. The maximum absolute atomic E-state index is 13.0. The molecule has 1 amide bonds. The lowest BCUT2D eigenvalue weighted by atomic mass is 10.2. The quantitative estimate of drug-likeness (QED) is 0.812. The first-order valence-electron chi connectivity index (χ1n) is 8.11. The van der Waals surface area contributed by atoms with Crippen molar-refractivity contribution >= 4 is 21.7 Å². The summed E-state index contributed by atoms with van der Waals surface area (Å²) in [5, 5.41) is 0. The predicted octanol–water partition coefficient (Wildman–Crippen LogP) is -0.0533. The number of primary amides is 1. The van der Waals surface area contributed by atoms with Crippen LogP contribution in [0.2, 0.25) is 0 Å². The molecule has 0 aliphatic carbocycles. The Morgan fingerprint density at radius 1 is 1.25 bits per heavy atom. The molecule has 132 valence electrons. The van der Waals surface area contributed by atoms with Crippen molar-refractivity contribution in [2.75, 3.05) is 37.7 Å². The SMILES string of the molecule is NC(=O)C1CN(c2ncccc2S(=O)(=O)N2CCCCC2)CCO1. The highest BCUT2D eigenvalue weighted by atomic mass is 32.2. The molecule has 24 heavy (non-hydrogen) atoms. The molecule has 8 nitrogen and oxygen atoms in total. The summed E-state index contributed by atoms with van der Waals surface area (Å²) in [5.74, 6) is -0.200. The number of aromatic nitrogens is 1. The van der Waals surface area contributed by atoms with Crippen molar-refractivity contribution < 1.29 is 17.9 Å². The molecule has 2 N–H and O–H groups in total. The fourth-order valence-electron chi connectivity index (χ4n) is 3.08. The van der Waals surface area contributed by atoms with E-state index >= 15 is 0 Å². The monoisotopic (exact) mass is 354 g/mol. The second-order valence-electron chi connectivity index (χ2n) is 6.00. The van der Waals surface area contributed by atoms with E-state index in [0.717, 1.165) is 19.3 Å². The van der Waals surface area contributed by atoms with E-state index in [2.05, 4.69) is 4.98 Å². The molecule has 0 radical (unpaired) electrons. The molecule has 9 heteroatoms. The van der Waals surface area contributed by atoms with Crippen LogP contribution in [0.1, 0.15) is 19.3 Å². The van der Waals surface area contributed by atoms with Gasteiger partial charge < -0.3 is 15.4 Å². The van der Waals surface area contributed by atoms with Crippen LogP contribution in [-0.4, -0.2) is 62.5 Å². The molecule has 1 aromatic heterocycles. The second-order valence-corrected chi connectivity index (χ2v) is 7.90. The van der Waals surface area contributed by atoms with E-state index < -0.39 is 22.0 Å². The maximum atomic E-state index is 13.0. The molecule has 0 bridgehead atoms. The normalized spacial score (nSPS) is 23.2. The van der Waals surface area contributed by atoms with Crippen LogP contribution < -0.4 is 10.6 Å². The Hall–Kier alpha value is -1.71. The molecule has 0 saturated carbocycles. The van der Waals surface area contributed by atoms with Gasteiger partial charge in [0.25, 0.3) is 0 Å². The Kier molecular flexibility index (Phi) is 5.02. The van der Waals surface area contributed by atoms with E-state index in [-0.39, 0.29) is 11.4 Å². The molecule has 2 aliphatic heterocycles. The summed E-state index contributed by atoms with van der Waals surface area (Å²) >= 11 is 0. The zero-order chi connectivity index (χ0) is 17.2. The lowest BCUT2D eigenvalue weighted by molar-refractivity contribution is -0.130. The number of hydrogen-bond donors (Lipinski definition) is 1. The molecular formula is C15H22N4O4S. The Balaban J connectivity index is 1.91. The Morgan fingerprint density at radius 2 is 2.00 bits per heavy atom. The first-order valence-corrected chi connectivity index (χ1v) is 9.55. The van der Waals surface area contributed by atoms with E-state index in [0.29, 0.717) is 32.1 Å². The highest BCUT2D eigenvalue weighted by Gasteiger charge is 2.33. The van der Waals surface area contributed by atoms with Crippen molar-refractivity contribution in [2.24, 2.45) is 5.73 Å². The molecular weight excluding hydrogens is 332 g/mol. The topological polar surface area (TPSA) is 106 Å². The van der Waals surface area contributed by atoms with Gasteiger partial charge in [0, 0.05) is 25.8 Å². The van der Waals surface area contributed by atoms with Crippen LogP contribution in [0.25, 0.3) is 0 Å². The van der Waals surface area contributed by atoms with Crippen molar-refractivity contribution in [3.63, 3.8) is 0 Å². The number of sulfonamides is 1. The number of anilines is 1. The highest BCUT2D eigenvalue weighted by Crippen LogP contribution is 2.28. The number of carbonyl (C=O) groups excluding carboxylic acids is 1. The lowest BCUT2D eigenvalue weighted by Crippen LogP contribution is -2.49. The Labute approximate surface area is 141 Å². The first kappa shape index (κ1) is 17.1. The van der Waals surface area contributed by atoms with Gasteiger partial charge in [-0.1, -0.05) is 6.42 Å². The van der Waals surface area contributed by atoms with Gasteiger partial charge in [0.05, 0.1) is 13.2 Å². The molecule has 0 aromatic carbocycles. The molecule has 2 fully saturated rings. The minimum atomic E-state index is -3.61. The summed E-state index contributed by atoms with van der Waals surface area (Å²) in [6, 6.07) is 3.19. The fourth-order valence-corrected chi connectivity index (χ4v) is 4.76. The zero-order valence-corrected chi connectivity index (χ0v) is 14.2. The molecule has 2 aliphatic rings. The number of nitrogens with two attached hydrogens (primary N) is 1. The number of pyridine rings is 1. The number of hydrogen-bond acceptors (Lipinski definition) is 6. The first-order chi connectivity index (χ1) is 11.5. The Morgan fingerprint density at radius 3 is 2.71 bits per heavy atom. The minimum Gasteiger partial charge on any atom is -0.367 e. The molecule has 3 rings (SSSR count). The number of morpholine rings is 1. The summed E-state index contributed by atoms with van der Waals surface area (Å²) in [5.41, 5.74) is 5.31. The predicted molar refractivity (Wildman–Crippen MR) is 88.0 cm³/mol. The number of rotatable bonds is 4. The number of nitrogens with zero attached hydrogens (tertiary/aromatic N) is 3. The number of amides is 1. The smallest absolute Gasteiger partial charge is 0.248 e. The van der Waals surface area contributed by atoms with Gasteiger partial charge in [-0.3, -0.25) is 4.79 Å². The van der Waals surface area contributed by atoms with Crippen molar-refractivity contribution in [1.29, 1.82) is 0 Å². The summed E-state index contributed by atoms with van der Waals surface area (Å²) < 4.78 is 32.9. The molecule has 2 saturated heterocycles. The van der Waals surface area contributed by atoms with Gasteiger partial charge in [0.2, 0.25) is 15.9 Å². The van der Waals surface area contributed by atoms with Crippen LogP contribution >= 0.6 is 0 Å². The van der Waals surface area contributed by atoms with E-state index in [1.807, 2.05) is 0 Å². The molecule has 1 unspecified atom stereocenters. The standard InChI is InChI=1S/C15H22N4O4S/c16-14(20)12-11-18(9-10-23-12)15-13(5-4-6-17-15)24(21,22)19-7-2-1-3-8-19/h4-6,12H,1-3,7-11H2,(H2,16,20). The van der Waals surface area contributed by atoms with Crippen LogP contribution in [-0.2, 0) is 19.6 Å². The third kappa shape index (κ3) is 3.38. The van der Waals surface area contributed by atoms with Gasteiger partial charge in [-0.2, -0.15) is 4.31 Å². The fraction of sp³-hybridized carbons (Fsp3) is 0.600. The van der Waals surface area contributed by atoms with Gasteiger partial charge in [-0.15, -0.1) is 0 Å². The van der Waals surface area contributed by atoms with E-state index in [1.54, 1.807) is 23.2 Å². The second kappa shape index (κ2) is 7.04. The van der Waals surface area contributed by atoms with Crippen LogP contribution in [0.15, 0.2) is 23.2 Å². The van der Waals surface area contributed by atoms with Gasteiger partial charge in [0.1, 0.15) is 10.7 Å². The van der Waals surface area contributed by atoms with Gasteiger partial charge in [-0.05, 0) is 25.0 Å². The van der Waals surface area contributed by atoms with Crippen molar-refractivity contribution in [3.05, 3.63) is 18.3 Å². The van der Waals surface area contributed by atoms with Crippen LogP contribution in [0.4, 0.5) is 5.82 Å². The van der Waals surface area contributed by atoms with E-state index in [9.17, 15) is 13.2 Å². The zero-order valence-electron chi connectivity index (χ0n) is 13.4. The summed E-state index contributed by atoms with van der Waals surface area (Å²) in [7, 11) is -3.61. The third-order valence-corrected chi connectivity index (χ3v) is 6.29. The lowest BCUT2D eigenvalue weighted by Gasteiger charge is -2.34. The largest absolute Gasteiger partial charge is 0.367 e. The highest BCUT2D eigenvalue weighted by molar-refractivity contribution is 7.89. The summed E-state index contributed by atoms with van der Waals surface area (Å²) in [6.07, 6.45) is 3.59. The van der Waals surface area contributed by atoms with Crippen LogP contribution in [0, 0.1) is 0 Å². The molecule has 1 atom stereocenters. The van der Waals surface area contributed by atoms with E-state index in [1.165, 1.54) is 4.31 Å². The van der Waals surface area contributed by atoms with Gasteiger partial charge >= 0.3 is 0 Å². The average molecular weight is 354 g/mol. The van der Waals surface area contributed by atoms with Crippen LogP contribution in [0.5, 0.6) is 0 Å². The summed E-state index contributed by atoms with van der Waals surface area (Å²) in [4.78, 5) is 17.6. The van der Waals surface area contributed by atoms with Crippen molar-refractivity contribution in [2.45, 2.75) is 30.3 Å². The van der Waals surface area contributed by atoms with Gasteiger partial charge in [0.15, 0.2) is 6.10 Å². The molecule has 0 spiro atoms. The molecule has 3 heterocycles. The number of carbonyl (C=O) groups is 1. The van der Waals surface area contributed by atoms with Crippen molar-refractivity contribution in [3.8, 4) is 0 Å². The Bertz CT molecular complexity index is 703. The van der Waals surface area contributed by atoms with Gasteiger partial charge in [-0.25, -0.2) is 13.4 Å². The van der Waals surface area contributed by atoms with Crippen molar-refractivity contribution in [1.82, 2.24) is 9.29 Å². The van der Waals surface area contributed by atoms with E-state index in [4.69, 9.17) is 10.5 Å². The number of ether oxygens (including phenoxy) is 1. The molecule has 1 aromatic rings. The maximum Gasteiger partial charge on any atom is 0.248 e. The average Bonchev–Trinajstić information content (AvgIpc) is 2.62. The number of piperidine rings is 1. The third-order valence-electron chi connectivity index (χ3n) is 4.37. The van der Waals surface area contributed by atoms with Crippen LogP contribution in [0.3, 0.4) is 0 Å².